The van der Waals surface area contributed by atoms with Crippen molar-refractivity contribution in [3.8, 4) is 11.5 Å². The van der Waals surface area contributed by atoms with E-state index in [1.54, 1.807) is 17.0 Å². The number of carboxylic acids is 2. The highest BCUT2D eigenvalue weighted by Crippen LogP contribution is 2.52. The topological polar surface area (TPSA) is 194 Å². The van der Waals surface area contributed by atoms with Crippen LogP contribution in [0, 0.1) is 17.0 Å². The number of urea groups is 1. The number of carbonyl (C=O) groups is 5. The lowest BCUT2D eigenvalue weighted by Crippen LogP contribution is -2.53. The monoisotopic (exact) mass is 779 g/mol. The minimum absolute atomic E-state index is 0.00186. The molecule has 1 aliphatic carbocycles. The average Bonchev–Trinajstić information content (AvgIpc) is 3.91. The van der Waals surface area contributed by atoms with Gasteiger partial charge in [-0.25, -0.2) is 18.6 Å². The van der Waals surface area contributed by atoms with E-state index in [-0.39, 0.29) is 49.1 Å². The Morgan fingerprint density at radius 1 is 0.786 bits per heavy atom. The third-order valence-corrected chi connectivity index (χ3v) is 9.93. The summed E-state index contributed by atoms with van der Waals surface area (Å²) in [6.45, 7) is 5.63. The van der Waals surface area contributed by atoms with Gasteiger partial charge >= 0.3 is 18.0 Å². The van der Waals surface area contributed by atoms with E-state index < -0.39 is 34.9 Å². The number of carboxylic acid groups (broad SMARTS) is 2. The first-order valence-corrected chi connectivity index (χ1v) is 18.5. The lowest BCUT2D eigenvalue weighted by molar-refractivity contribution is -0.143. The van der Waals surface area contributed by atoms with Gasteiger partial charge in [-0.1, -0.05) is 0 Å². The molecule has 15 nitrogen and oxygen atoms in total. The Balaban J connectivity index is 0.000000677. The Morgan fingerprint density at radius 2 is 1.39 bits per heavy atom. The van der Waals surface area contributed by atoms with E-state index in [4.69, 9.17) is 14.9 Å². The summed E-state index contributed by atoms with van der Waals surface area (Å²) in [5, 5.41) is 24.0. The minimum Gasteiger partial charge on any atom is -0.481 e. The van der Waals surface area contributed by atoms with Crippen molar-refractivity contribution < 1.29 is 47.7 Å². The number of hydrogen-bond acceptors (Lipinski definition) is 9. The summed E-state index contributed by atoms with van der Waals surface area (Å²) in [6.07, 6.45) is 4.40. The van der Waals surface area contributed by atoms with Gasteiger partial charge in [-0.05, 0) is 80.6 Å². The van der Waals surface area contributed by atoms with E-state index in [1.165, 1.54) is 48.7 Å². The fraction of sp³-hybridized carbons (Fsp3) is 0.436. The summed E-state index contributed by atoms with van der Waals surface area (Å²) in [5.41, 5.74) is -0.00691. The van der Waals surface area contributed by atoms with Crippen molar-refractivity contribution in [2.75, 3.05) is 62.3 Å². The van der Waals surface area contributed by atoms with Crippen LogP contribution in [0.4, 0.5) is 30.8 Å². The number of rotatable bonds is 13. The number of amides is 4. The number of piperazine rings is 1. The van der Waals surface area contributed by atoms with E-state index in [0.29, 0.717) is 49.2 Å². The number of ether oxygens (including phenoxy) is 1. The van der Waals surface area contributed by atoms with Gasteiger partial charge in [-0.2, -0.15) is 0 Å². The number of hydrogen-bond donors (Lipinski definition) is 5. The van der Waals surface area contributed by atoms with Crippen molar-refractivity contribution in [1.82, 2.24) is 19.7 Å². The fourth-order valence-electron chi connectivity index (χ4n) is 6.57. The van der Waals surface area contributed by atoms with Crippen LogP contribution in [-0.4, -0.2) is 112 Å². The first-order valence-electron chi connectivity index (χ1n) is 18.5. The molecule has 2 aliphatic heterocycles. The maximum absolute atomic E-state index is 15.0. The highest BCUT2D eigenvalue weighted by atomic mass is 19.1. The Bertz CT molecular complexity index is 1850. The predicted octanol–water partition coefficient (Wildman–Crippen LogP) is 5.47. The third-order valence-electron chi connectivity index (χ3n) is 9.93. The zero-order valence-electron chi connectivity index (χ0n) is 31.1. The van der Waals surface area contributed by atoms with Gasteiger partial charge in [0.05, 0.1) is 18.5 Å². The molecule has 5 N–H and O–H groups in total. The molecule has 3 aromatic rings. The van der Waals surface area contributed by atoms with Crippen LogP contribution in [0.15, 0.2) is 60.8 Å². The molecule has 56 heavy (non-hydrogen) atoms. The average molecular weight is 780 g/mol. The van der Waals surface area contributed by atoms with E-state index in [1.807, 2.05) is 0 Å². The molecule has 4 amide bonds. The molecular weight excluding hydrogens is 732 g/mol. The van der Waals surface area contributed by atoms with E-state index >= 15 is 0 Å². The smallest absolute Gasteiger partial charge is 0.323 e. The fourth-order valence-corrected chi connectivity index (χ4v) is 6.57. The van der Waals surface area contributed by atoms with Crippen molar-refractivity contribution in [3.63, 3.8) is 0 Å². The first-order chi connectivity index (χ1) is 26.8. The highest BCUT2D eigenvalue weighted by Gasteiger charge is 2.46. The zero-order chi connectivity index (χ0) is 40.2. The Hall–Kier alpha value is -5.68. The molecule has 3 aliphatic rings. The number of nitrogens with zero attached hydrogens (tertiary/aromatic N) is 4. The second-order valence-corrected chi connectivity index (χ2v) is 14.4. The Morgan fingerprint density at radius 3 is 1.98 bits per heavy atom. The molecule has 0 atom stereocenters. The molecule has 2 saturated heterocycles. The van der Waals surface area contributed by atoms with Gasteiger partial charge in [0, 0.05) is 82.2 Å². The second-order valence-electron chi connectivity index (χ2n) is 14.4. The van der Waals surface area contributed by atoms with Crippen molar-refractivity contribution in [3.05, 3.63) is 72.4 Å². The number of anilines is 3. The van der Waals surface area contributed by atoms with Gasteiger partial charge in [0.15, 0.2) is 0 Å². The lowest BCUT2D eigenvalue weighted by Gasteiger charge is -2.42. The number of aliphatic carboxylic acids is 2. The highest BCUT2D eigenvalue weighted by molar-refractivity contribution is 5.94. The van der Waals surface area contributed by atoms with Crippen LogP contribution in [-0.2, 0) is 19.2 Å². The number of likely N-dealkylation sites (N-methyl/N-ethyl adjacent to an activating group) is 1. The number of carbonyl (C=O) groups excluding carboxylic acids is 3. The van der Waals surface area contributed by atoms with Crippen LogP contribution in [0.5, 0.6) is 11.5 Å². The second kappa shape index (κ2) is 19.3. The van der Waals surface area contributed by atoms with Gasteiger partial charge in [0.2, 0.25) is 11.8 Å². The van der Waals surface area contributed by atoms with E-state index in [0.717, 1.165) is 39.0 Å². The molecule has 17 heteroatoms. The van der Waals surface area contributed by atoms with Crippen LogP contribution < -0.4 is 20.7 Å². The maximum atomic E-state index is 15.0. The van der Waals surface area contributed by atoms with Crippen LogP contribution in [0.3, 0.4) is 0 Å². The number of piperidine rings is 1. The standard InChI is InChI=1S/C35H41F2N7O4.C4H6O4/c1-42-16-18-43(19-17-42)26-9-14-44(15-10-26)34(47)41-31-21-28(8-13-38-31)48-27-6-7-30(29(37)20-27)40-33(46)23-35(11-12-35)22-32(45)39-25-4-2-24(36)3-5-25;5-3(6)1-2-4(7)8/h2-8,13,20-21,26H,9-12,14-19,22-23H2,1H3,(H,39,45)(H,40,46)(H,38,41,47);1-2H2,(H,5,6)(H,7,8). The van der Waals surface area contributed by atoms with Crippen molar-refractivity contribution >= 4 is 47.0 Å². The predicted molar refractivity (Wildman–Crippen MR) is 202 cm³/mol. The number of halogens is 2. The SMILES string of the molecule is CN1CCN(C2CCN(C(=O)Nc3cc(Oc4ccc(NC(=O)CC5(CC(=O)Nc6ccc(F)cc6)CC5)c(F)c4)ccn3)CC2)CC1.O=C(O)CCC(=O)O. The molecule has 6 rings (SSSR count). The number of nitrogens with one attached hydrogen (secondary N) is 3. The lowest BCUT2D eigenvalue weighted by atomic mass is 9.97. The number of likely N-dealkylation sites (tertiary alicyclic amines) is 1. The molecule has 0 bridgehead atoms. The van der Waals surface area contributed by atoms with Crippen LogP contribution >= 0.6 is 0 Å². The number of pyridine rings is 1. The van der Waals surface area contributed by atoms with Gasteiger partial charge in [-0.3, -0.25) is 29.4 Å². The molecule has 300 valence electrons. The number of aromatic nitrogens is 1. The van der Waals surface area contributed by atoms with E-state index in [2.05, 4.69) is 37.8 Å². The van der Waals surface area contributed by atoms with Crippen molar-refractivity contribution in [1.29, 1.82) is 0 Å². The molecule has 0 spiro atoms. The summed E-state index contributed by atoms with van der Waals surface area (Å²) in [5.74, 6) is -3.00. The summed E-state index contributed by atoms with van der Waals surface area (Å²) >= 11 is 0. The molecule has 1 saturated carbocycles. The maximum Gasteiger partial charge on any atom is 0.323 e. The van der Waals surface area contributed by atoms with E-state index in [9.17, 15) is 32.8 Å². The largest absolute Gasteiger partial charge is 0.481 e. The van der Waals surface area contributed by atoms with Gasteiger partial charge < -0.3 is 35.4 Å². The Kier molecular flexibility index (Phi) is 14.3. The number of benzene rings is 2. The minimum atomic E-state index is -1.08. The zero-order valence-corrected chi connectivity index (χ0v) is 31.1. The summed E-state index contributed by atoms with van der Waals surface area (Å²) in [7, 11) is 2.15. The van der Waals surface area contributed by atoms with Gasteiger partial charge in [0.25, 0.3) is 0 Å². The molecule has 2 aromatic carbocycles. The third kappa shape index (κ3) is 13.0. The summed E-state index contributed by atoms with van der Waals surface area (Å²) in [4.78, 5) is 68.4. The molecule has 1 aromatic heterocycles. The van der Waals surface area contributed by atoms with Crippen molar-refractivity contribution in [2.45, 2.75) is 57.4 Å². The summed E-state index contributed by atoms with van der Waals surface area (Å²) in [6, 6.07) is 13.0. The normalized spacial score (nSPS) is 16.8. The molecule has 3 heterocycles. The van der Waals surface area contributed by atoms with Gasteiger partial charge in [-0.15, -0.1) is 0 Å². The van der Waals surface area contributed by atoms with Crippen molar-refractivity contribution in [2.24, 2.45) is 5.41 Å². The molecular formula is C39H47F2N7O8. The molecule has 3 fully saturated rings. The molecule has 0 radical (unpaired) electrons. The van der Waals surface area contributed by atoms with Gasteiger partial charge in [0.1, 0.15) is 29.0 Å². The summed E-state index contributed by atoms with van der Waals surface area (Å²) < 4.78 is 34.0. The molecule has 0 unspecified atom stereocenters. The van der Waals surface area contributed by atoms with Crippen LogP contribution in [0.2, 0.25) is 0 Å². The Labute approximate surface area is 323 Å². The quantitative estimate of drug-likeness (QED) is 0.148. The van der Waals surface area contributed by atoms with Crippen LogP contribution in [0.1, 0.15) is 51.4 Å². The van der Waals surface area contributed by atoms with Crippen LogP contribution in [0.25, 0.3) is 0 Å². The first kappa shape index (κ1) is 41.5.